The largest absolute Gasteiger partial charge is 0.338 e. The summed E-state index contributed by atoms with van der Waals surface area (Å²) in [4.78, 5) is 11.1. The first-order valence-corrected chi connectivity index (χ1v) is 7.82. The van der Waals surface area contributed by atoms with Crippen LogP contribution in [0.2, 0.25) is 0 Å². The minimum atomic E-state index is 0.201. The molecular weight excluding hydrogens is 266 g/mol. The van der Waals surface area contributed by atoms with E-state index in [1.54, 1.807) is 0 Å². The fourth-order valence-electron chi connectivity index (χ4n) is 2.98. The van der Waals surface area contributed by atoms with Crippen LogP contribution in [0.3, 0.4) is 0 Å². The lowest BCUT2D eigenvalue weighted by atomic mass is 10.0. The van der Waals surface area contributed by atoms with Gasteiger partial charge in [0.25, 0.3) is 0 Å². The topological polar surface area (TPSA) is 60.0 Å². The quantitative estimate of drug-likeness (QED) is 0.846. The molecule has 0 amide bonds. The van der Waals surface area contributed by atoms with Gasteiger partial charge in [-0.3, -0.25) is 4.90 Å². The van der Waals surface area contributed by atoms with E-state index in [1.165, 1.54) is 0 Å². The highest BCUT2D eigenvalue weighted by Gasteiger charge is 2.27. The first-order valence-electron chi connectivity index (χ1n) is 7.82. The van der Waals surface area contributed by atoms with Crippen molar-refractivity contribution in [2.75, 3.05) is 13.1 Å². The fraction of sp³-hybridized carbons (Fsp3) is 0.667. The molecule has 0 saturated carbocycles. The number of rotatable bonds is 5. The predicted molar refractivity (Wildman–Crippen MR) is 78.8 cm³/mol. The molecule has 2 aromatic rings. The van der Waals surface area contributed by atoms with Crippen molar-refractivity contribution in [3.8, 4) is 0 Å². The van der Waals surface area contributed by atoms with Crippen molar-refractivity contribution < 1.29 is 4.52 Å². The zero-order valence-electron chi connectivity index (χ0n) is 12.8. The number of imidazole rings is 1. The first-order chi connectivity index (χ1) is 10.3. The van der Waals surface area contributed by atoms with Crippen molar-refractivity contribution in [1.82, 2.24) is 24.6 Å². The fourth-order valence-corrected chi connectivity index (χ4v) is 2.98. The zero-order valence-corrected chi connectivity index (χ0v) is 12.8. The van der Waals surface area contributed by atoms with Crippen molar-refractivity contribution in [3.63, 3.8) is 0 Å². The Morgan fingerprint density at radius 3 is 2.86 bits per heavy atom. The third-order valence-electron chi connectivity index (χ3n) is 4.31. The molecule has 21 heavy (non-hydrogen) atoms. The Kier molecular flexibility index (Phi) is 4.34. The lowest BCUT2D eigenvalue weighted by Crippen LogP contribution is -2.36. The average molecular weight is 289 g/mol. The van der Waals surface area contributed by atoms with Gasteiger partial charge in [-0.2, -0.15) is 4.98 Å². The van der Waals surface area contributed by atoms with Crippen LogP contribution in [0, 0.1) is 0 Å². The lowest BCUT2D eigenvalue weighted by molar-refractivity contribution is 0.122. The van der Waals surface area contributed by atoms with Gasteiger partial charge in [-0.25, -0.2) is 4.98 Å². The molecule has 6 heteroatoms. The van der Waals surface area contributed by atoms with E-state index in [-0.39, 0.29) is 6.04 Å². The number of aromatic nitrogens is 4. The van der Waals surface area contributed by atoms with E-state index in [9.17, 15) is 0 Å². The summed E-state index contributed by atoms with van der Waals surface area (Å²) in [6.45, 7) is 6.38. The molecule has 1 fully saturated rings. The van der Waals surface area contributed by atoms with Crippen LogP contribution in [0.1, 0.15) is 56.9 Å². The first kappa shape index (κ1) is 14.3. The second-order valence-electron chi connectivity index (χ2n) is 5.75. The van der Waals surface area contributed by atoms with Crippen molar-refractivity contribution in [2.24, 2.45) is 0 Å². The molecule has 0 aromatic carbocycles. The molecule has 0 spiro atoms. The molecule has 1 saturated heterocycles. The van der Waals surface area contributed by atoms with E-state index in [2.05, 4.69) is 44.6 Å². The van der Waals surface area contributed by atoms with Crippen molar-refractivity contribution >= 4 is 0 Å². The summed E-state index contributed by atoms with van der Waals surface area (Å²) in [5.74, 6) is 1.58. The van der Waals surface area contributed by atoms with E-state index in [0.717, 1.165) is 50.5 Å². The van der Waals surface area contributed by atoms with Crippen LogP contribution in [-0.4, -0.2) is 37.7 Å². The standard InChI is InChI=1S/C15H23N5O/c1-3-4-14-17-15(21-18-14)12(2)19-8-5-13(6-9-19)20-10-7-16-11-20/h7,10-13H,3-6,8-9H2,1-2H3/t12-/m1/s1. The molecule has 2 aromatic heterocycles. The van der Waals surface area contributed by atoms with Gasteiger partial charge < -0.3 is 9.09 Å². The number of likely N-dealkylation sites (tertiary alicyclic amines) is 1. The summed E-state index contributed by atoms with van der Waals surface area (Å²) >= 11 is 0. The summed E-state index contributed by atoms with van der Waals surface area (Å²) in [6, 6.07) is 0.765. The van der Waals surface area contributed by atoms with Crippen LogP contribution in [0.25, 0.3) is 0 Å². The smallest absolute Gasteiger partial charge is 0.243 e. The van der Waals surface area contributed by atoms with E-state index >= 15 is 0 Å². The summed E-state index contributed by atoms with van der Waals surface area (Å²) in [5, 5.41) is 4.05. The predicted octanol–water partition coefficient (Wildman–Crippen LogP) is 2.62. The van der Waals surface area contributed by atoms with Crippen LogP contribution in [0.15, 0.2) is 23.2 Å². The number of aryl methyl sites for hydroxylation is 1. The van der Waals surface area contributed by atoms with Crippen molar-refractivity contribution in [1.29, 1.82) is 0 Å². The summed E-state index contributed by atoms with van der Waals surface area (Å²) in [7, 11) is 0. The Labute approximate surface area is 125 Å². The van der Waals surface area contributed by atoms with Gasteiger partial charge in [-0.1, -0.05) is 12.1 Å². The average Bonchev–Trinajstić information content (AvgIpc) is 3.19. The lowest BCUT2D eigenvalue weighted by Gasteiger charge is -2.34. The molecule has 6 nitrogen and oxygen atoms in total. The highest BCUT2D eigenvalue weighted by atomic mass is 16.5. The van der Waals surface area contributed by atoms with Crippen molar-refractivity contribution in [2.45, 2.75) is 51.6 Å². The van der Waals surface area contributed by atoms with Crippen LogP contribution in [-0.2, 0) is 6.42 Å². The monoisotopic (exact) mass is 289 g/mol. The molecule has 1 atom stereocenters. The maximum Gasteiger partial charge on any atom is 0.243 e. The maximum absolute atomic E-state index is 5.41. The highest BCUT2D eigenvalue weighted by molar-refractivity contribution is 4.94. The van der Waals surface area contributed by atoms with Gasteiger partial charge in [0.05, 0.1) is 12.4 Å². The van der Waals surface area contributed by atoms with Crippen LogP contribution >= 0.6 is 0 Å². The zero-order chi connectivity index (χ0) is 14.7. The summed E-state index contributed by atoms with van der Waals surface area (Å²) in [5.41, 5.74) is 0. The molecule has 3 heterocycles. The van der Waals surface area contributed by atoms with E-state index in [0.29, 0.717) is 6.04 Å². The Hall–Kier alpha value is -1.69. The van der Waals surface area contributed by atoms with Crippen molar-refractivity contribution in [3.05, 3.63) is 30.4 Å². The molecule has 1 aliphatic rings. The van der Waals surface area contributed by atoms with Gasteiger partial charge in [0.2, 0.25) is 5.89 Å². The van der Waals surface area contributed by atoms with Crippen LogP contribution in [0.5, 0.6) is 0 Å². The summed E-state index contributed by atoms with van der Waals surface area (Å²) < 4.78 is 7.63. The molecule has 0 N–H and O–H groups in total. The van der Waals surface area contributed by atoms with Gasteiger partial charge in [0.15, 0.2) is 5.82 Å². The minimum Gasteiger partial charge on any atom is -0.338 e. The highest BCUT2D eigenvalue weighted by Crippen LogP contribution is 2.28. The molecule has 0 radical (unpaired) electrons. The number of nitrogens with zero attached hydrogens (tertiary/aromatic N) is 5. The Balaban J connectivity index is 1.58. The van der Waals surface area contributed by atoms with Gasteiger partial charge in [-0.05, 0) is 26.2 Å². The third-order valence-corrected chi connectivity index (χ3v) is 4.31. The molecule has 0 unspecified atom stereocenters. The molecule has 114 valence electrons. The van der Waals surface area contributed by atoms with Gasteiger partial charge in [0.1, 0.15) is 0 Å². The molecule has 0 bridgehead atoms. The van der Waals surface area contributed by atoms with E-state index in [4.69, 9.17) is 4.52 Å². The molecule has 3 rings (SSSR count). The molecule has 0 aliphatic carbocycles. The molecule has 1 aliphatic heterocycles. The number of piperidine rings is 1. The van der Waals surface area contributed by atoms with Gasteiger partial charge in [-0.15, -0.1) is 0 Å². The van der Waals surface area contributed by atoms with Gasteiger partial charge in [0, 0.05) is 37.9 Å². The second-order valence-corrected chi connectivity index (χ2v) is 5.75. The van der Waals surface area contributed by atoms with Crippen LogP contribution < -0.4 is 0 Å². The SMILES string of the molecule is CCCc1noc([C@@H](C)N2CCC(n3ccnc3)CC2)n1. The van der Waals surface area contributed by atoms with E-state index < -0.39 is 0 Å². The second kappa shape index (κ2) is 6.39. The Bertz CT molecular complexity index is 542. The number of hydrogen-bond acceptors (Lipinski definition) is 5. The van der Waals surface area contributed by atoms with E-state index in [1.807, 2.05) is 12.5 Å². The third kappa shape index (κ3) is 3.15. The van der Waals surface area contributed by atoms with Crippen LogP contribution in [0.4, 0.5) is 0 Å². The number of hydrogen-bond donors (Lipinski definition) is 0. The summed E-state index contributed by atoms with van der Waals surface area (Å²) in [6.07, 6.45) is 10.0. The minimum absolute atomic E-state index is 0.201. The molecular formula is C15H23N5O. The normalized spacial score (nSPS) is 19.0. The van der Waals surface area contributed by atoms with Gasteiger partial charge >= 0.3 is 0 Å². The maximum atomic E-state index is 5.41. The Morgan fingerprint density at radius 1 is 1.38 bits per heavy atom. The Morgan fingerprint density at radius 2 is 2.19 bits per heavy atom.